The number of rotatable bonds is 0. The van der Waals surface area contributed by atoms with Crippen LogP contribution < -0.4 is 0 Å². The molecule has 1 aromatic rings. The minimum Gasteiger partial charge on any atom is -0.126 e. The van der Waals surface area contributed by atoms with Gasteiger partial charge in [-0.3, -0.25) is 0 Å². The summed E-state index contributed by atoms with van der Waals surface area (Å²) in [6, 6.07) is 2.06. The summed E-state index contributed by atoms with van der Waals surface area (Å²) in [6.45, 7) is 6.74. The molecule has 1 heterocycles. The number of hydrogen-bond acceptors (Lipinski definition) is 1. The molecule has 0 fully saturated rings. The van der Waals surface area contributed by atoms with Crippen molar-refractivity contribution >= 4 is 51.3 Å². The minimum atomic E-state index is -1.23. The molecule has 1 aromatic heterocycles. The van der Waals surface area contributed by atoms with Crippen LogP contribution in [0.4, 0.5) is 0 Å². The maximum Gasteiger partial charge on any atom is 0.129 e. The van der Waals surface area contributed by atoms with Crippen molar-refractivity contribution in [2.45, 2.75) is 19.6 Å². The second-order valence-corrected chi connectivity index (χ2v) is 11.7. The van der Waals surface area contributed by atoms with E-state index in [1.165, 1.54) is 0 Å². The van der Waals surface area contributed by atoms with Crippen LogP contribution in [0.1, 0.15) is 4.88 Å². The summed E-state index contributed by atoms with van der Waals surface area (Å²) >= 11 is 8.57. The topological polar surface area (TPSA) is 0 Å². The molecular formula is C9H10Br2SSi. The van der Waals surface area contributed by atoms with Gasteiger partial charge in [-0.25, -0.2) is 0 Å². The number of thiophene rings is 1. The molecule has 0 saturated carbocycles. The highest BCUT2D eigenvalue weighted by Crippen LogP contribution is 2.31. The van der Waals surface area contributed by atoms with Crippen molar-refractivity contribution in [1.29, 1.82) is 0 Å². The van der Waals surface area contributed by atoms with Crippen LogP contribution in [0.3, 0.4) is 0 Å². The molecule has 13 heavy (non-hydrogen) atoms. The van der Waals surface area contributed by atoms with Crippen molar-refractivity contribution in [3.05, 3.63) is 19.2 Å². The molecule has 0 N–H and O–H groups in total. The third-order valence-corrected chi connectivity index (χ3v) is 5.25. The molecule has 70 valence electrons. The average molecular weight is 338 g/mol. The van der Waals surface area contributed by atoms with E-state index in [0.717, 1.165) is 13.1 Å². The van der Waals surface area contributed by atoms with Gasteiger partial charge in [-0.05, 0) is 37.9 Å². The Morgan fingerprint density at radius 3 is 2.31 bits per heavy atom. The molecular weight excluding hydrogens is 328 g/mol. The van der Waals surface area contributed by atoms with Gasteiger partial charge in [0, 0.05) is 4.47 Å². The van der Waals surface area contributed by atoms with Gasteiger partial charge in [0.05, 0.1) is 8.66 Å². The fourth-order valence-electron chi connectivity index (χ4n) is 0.657. The Kier molecular flexibility index (Phi) is 3.81. The molecule has 0 nitrogen and oxygen atoms in total. The highest BCUT2D eigenvalue weighted by molar-refractivity contribution is 9.13. The first-order valence-corrected chi connectivity index (χ1v) is 9.77. The quantitative estimate of drug-likeness (QED) is 0.483. The molecule has 0 aliphatic heterocycles. The summed E-state index contributed by atoms with van der Waals surface area (Å²) in [4.78, 5) is 1.13. The Labute approximate surface area is 101 Å². The van der Waals surface area contributed by atoms with E-state index in [1.54, 1.807) is 11.3 Å². The lowest BCUT2D eigenvalue weighted by Crippen LogP contribution is -2.16. The second kappa shape index (κ2) is 4.31. The monoisotopic (exact) mass is 336 g/mol. The van der Waals surface area contributed by atoms with Crippen LogP contribution in [0.5, 0.6) is 0 Å². The Morgan fingerprint density at radius 2 is 1.92 bits per heavy atom. The largest absolute Gasteiger partial charge is 0.129 e. The zero-order valence-electron chi connectivity index (χ0n) is 7.74. The summed E-state index contributed by atoms with van der Waals surface area (Å²) in [5.74, 6) is 3.22. The third-order valence-electron chi connectivity index (χ3n) is 1.21. The Morgan fingerprint density at radius 1 is 1.31 bits per heavy atom. The molecule has 0 bridgehead atoms. The number of hydrogen-bond donors (Lipinski definition) is 0. The normalized spacial score (nSPS) is 10.8. The molecule has 0 radical (unpaired) electrons. The standard InChI is InChI=1S/C9H10Br2SSi/c1-13(2,3)5-4-7-6-8(10)9(11)12-7/h6H,1-3H3. The van der Waals surface area contributed by atoms with Gasteiger partial charge < -0.3 is 0 Å². The highest BCUT2D eigenvalue weighted by Gasteiger charge is 2.08. The minimum absolute atomic E-state index is 1.09. The molecule has 0 amide bonds. The van der Waals surface area contributed by atoms with E-state index in [0.29, 0.717) is 0 Å². The van der Waals surface area contributed by atoms with Crippen molar-refractivity contribution < 1.29 is 0 Å². The summed E-state index contributed by atoms with van der Waals surface area (Å²) in [7, 11) is -1.23. The van der Waals surface area contributed by atoms with Gasteiger partial charge in [-0.1, -0.05) is 25.6 Å². The Bertz CT molecular complexity index is 346. The molecule has 0 aliphatic carbocycles. The maximum atomic E-state index is 3.45. The first-order chi connectivity index (χ1) is 5.88. The molecule has 0 saturated heterocycles. The van der Waals surface area contributed by atoms with Crippen LogP contribution in [-0.2, 0) is 0 Å². The van der Waals surface area contributed by atoms with E-state index in [-0.39, 0.29) is 0 Å². The van der Waals surface area contributed by atoms with E-state index >= 15 is 0 Å². The van der Waals surface area contributed by atoms with Crippen molar-refractivity contribution in [3.8, 4) is 11.5 Å². The van der Waals surface area contributed by atoms with E-state index in [9.17, 15) is 0 Å². The van der Waals surface area contributed by atoms with Crippen molar-refractivity contribution in [3.63, 3.8) is 0 Å². The van der Waals surface area contributed by atoms with Crippen molar-refractivity contribution in [2.75, 3.05) is 0 Å². The van der Waals surface area contributed by atoms with E-state index in [2.05, 4.69) is 69.0 Å². The van der Waals surface area contributed by atoms with Crippen LogP contribution in [0, 0.1) is 11.5 Å². The van der Waals surface area contributed by atoms with E-state index < -0.39 is 8.07 Å². The third kappa shape index (κ3) is 3.99. The number of halogens is 2. The molecule has 0 aromatic carbocycles. The summed E-state index contributed by atoms with van der Waals surface area (Å²) in [5.41, 5.74) is 3.34. The van der Waals surface area contributed by atoms with Gasteiger partial charge in [0.2, 0.25) is 0 Å². The summed E-state index contributed by atoms with van der Waals surface area (Å²) in [6.07, 6.45) is 0. The van der Waals surface area contributed by atoms with Crippen LogP contribution in [0.25, 0.3) is 0 Å². The summed E-state index contributed by atoms with van der Waals surface area (Å²) in [5, 5.41) is 0. The van der Waals surface area contributed by atoms with Crippen molar-refractivity contribution in [2.24, 2.45) is 0 Å². The van der Waals surface area contributed by atoms with Crippen LogP contribution in [0.2, 0.25) is 19.6 Å². The van der Waals surface area contributed by atoms with Crippen LogP contribution >= 0.6 is 43.2 Å². The first-order valence-electron chi connectivity index (χ1n) is 3.86. The molecule has 4 heteroatoms. The molecule has 0 spiro atoms. The van der Waals surface area contributed by atoms with Gasteiger partial charge in [-0.15, -0.1) is 16.9 Å². The predicted molar refractivity (Wildman–Crippen MR) is 69.9 cm³/mol. The maximum absolute atomic E-state index is 3.45. The smallest absolute Gasteiger partial charge is 0.126 e. The van der Waals surface area contributed by atoms with Gasteiger partial charge in [0.1, 0.15) is 8.07 Å². The summed E-state index contributed by atoms with van der Waals surface area (Å²) < 4.78 is 2.21. The Balaban J connectivity index is 2.91. The van der Waals surface area contributed by atoms with Gasteiger partial charge in [0.25, 0.3) is 0 Å². The lowest BCUT2D eigenvalue weighted by atomic mass is 10.5. The highest BCUT2D eigenvalue weighted by atomic mass is 79.9. The fourth-order valence-corrected chi connectivity index (χ4v) is 3.15. The van der Waals surface area contributed by atoms with Crippen molar-refractivity contribution in [1.82, 2.24) is 0 Å². The average Bonchev–Trinajstić information content (AvgIpc) is 2.27. The lowest BCUT2D eigenvalue weighted by molar-refractivity contribution is 1.79. The van der Waals surface area contributed by atoms with E-state index in [4.69, 9.17) is 0 Å². The zero-order valence-corrected chi connectivity index (χ0v) is 12.7. The zero-order chi connectivity index (χ0) is 10.1. The molecule has 0 atom stereocenters. The first kappa shape index (κ1) is 11.5. The van der Waals surface area contributed by atoms with Gasteiger partial charge in [0.15, 0.2) is 0 Å². The van der Waals surface area contributed by atoms with Crippen LogP contribution in [0.15, 0.2) is 14.3 Å². The Hall–Kier alpha value is 0.437. The lowest BCUT2D eigenvalue weighted by Gasteiger charge is -2.02. The second-order valence-electron chi connectivity index (χ2n) is 3.73. The SMILES string of the molecule is C[Si](C)(C)C#Cc1cc(Br)c(Br)s1. The predicted octanol–water partition coefficient (Wildman–Crippen LogP) is 4.50. The van der Waals surface area contributed by atoms with Crippen LogP contribution in [-0.4, -0.2) is 8.07 Å². The fraction of sp³-hybridized carbons (Fsp3) is 0.333. The molecule has 1 rings (SSSR count). The van der Waals surface area contributed by atoms with Gasteiger partial charge in [-0.2, -0.15) is 0 Å². The molecule has 0 unspecified atom stereocenters. The van der Waals surface area contributed by atoms with Gasteiger partial charge >= 0.3 is 0 Å². The van der Waals surface area contributed by atoms with E-state index in [1.807, 2.05) is 0 Å². The molecule has 0 aliphatic rings.